The van der Waals surface area contributed by atoms with E-state index in [4.69, 9.17) is 4.74 Å². The van der Waals surface area contributed by atoms with Crippen LogP contribution >= 0.6 is 0 Å². The van der Waals surface area contributed by atoms with Gasteiger partial charge < -0.3 is 10.1 Å². The van der Waals surface area contributed by atoms with E-state index in [2.05, 4.69) is 15.5 Å². The van der Waals surface area contributed by atoms with E-state index in [1.807, 2.05) is 6.07 Å². The van der Waals surface area contributed by atoms with Gasteiger partial charge in [-0.15, -0.1) is 0 Å². The third-order valence-corrected chi connectivity index (χ3v) is 5.35. The van der Waals surface area contributed by atoms with E-state index in [1.54, 1.807) is 24.3 Å². The van der Waals surface area contributed by atoms with Crippen molar-refractivity contribution in [1.82, 2.24) is 10.2 Å². The zero-order valence-electron chi connectivity index (χ0n) is 16.6. The molecule has 1 aliphatic rings. The predicted molar refractivity (Wildman–Crippen MR) is 112 cm³/mol. The average molecular weight is 407 g/mol. The molecule has 0 aliphatic heterocycles. The van der Waals surface area contributed by atoms with Crippen molar-refractivity contribution in [3.8, 4) is 5.75 Å². The Labute approximate surface area is 173 Å². The highest BCUT2D eigenvalue weighted by molar-refractivity contribution is 6.04. The molecule has 0 fully saturated rings. The monoisotopic (exact) mass is 407 g/mol. The molecule has 0 radical (unpaired) electrons. The van der Waals surface area contributed by atoms with Crippen LogP contribution in [0.15, 0.2) is 47.3 Å². The van der Waals surface area contributed by atoms with Gasteiger partial charge in [0.15, 0.2) is 11.6 Å². The van der Waals surface area contributed by atoms with Crippen molar-refractivity contribution in [3.63, 3.8) is 0 Å². The van der Waals surface area contributed by atoms with Gasteiger partial charge in [0, 0.05) is 29.3 Å². The number of methoxy groups -OCH3 is 1. The second kappa shape index (κ2) is 8.49. The molecule has 1 heterocycles. The van der Waals surface area contributed by atoms with Gasteiger partial charge in [-0.3, -0.25) is 9.59 Å². The third-order valence-electron chi connectivity index (χ3n) is 5.35. The van der Waals surface area contributed by atoms with Crippen molar-refractivity contribution >= 4 is 11.6 Å². The first kappa shape index (κ1) is 19.8. The Balaban J connectivity index is 1.54. The second-order valence-corrected chi connectivity index (χ2v) is 7.34. The van der Waals surface area contributed by atoms with Gasteiger partial charge in [-0.05, 0) is 61.1 Å². The molecule has 2 aromatic carbocycles. The number of benzene rings is 2. The van der Waals surface area contributed by atoms with E-state index in [9.17, 15) is 14.0 Å². The summed E-state index contributed by atoms with van der Waals surface area (Å²) in [6.07, 6.45) is 4.22. The second-order valence-electron chi connectivity index (χ2n) is 7.34. The van der Waals surface area contributed by atoms with Crippen LogP contribution < -0.4 is 15.6 Å². The number of fused-ring (bicyclic) bond motifs is 1. The van der Waals surface area contributed by atoms with Crippen molar-refractivity contribution in [2.45, 2.75) is 32.1 Å². The van der Waals surface area contributed by atoms with Crippen molar-refractivity contribution in [2.75, 3.05) is 12.4 Å². The van der Waals surface area contributed by atoms with Crippen LogP contribution in [0.1, 0.15) is 45.6 Å². The molecule has 1 amide bonds. The number of nitrogens with one attached hydrogen (secondary N) is 2. The summed E-state index contributed by atoms with van der Waals surface area (Å²) in [5.74, 6) is -0.762. The van der Waals surface area contributed by atoms with Gasteiger partial charge in [0.25, 0.3) is 11.5 Å². The number of anilines is 1. The highest BCUT2D eigenvalue weighted by Crippen LogP contribution is 2.23. The fourth-order valence-corrected chi connectivity index (χ4v) is 3.84. The van der Waals surface area contributed by atoms with E-state index >= 15 is 0 Å². The zero-order valence-corrected chi connectivity index (χ0v) is 16.6. The number of H-pyrrole nitrogens is 1. The summed E-state index contributed by atoms with van der Waals surface area (Å²) in [6.45, 7) is 0. The predicted octanol–water partition coefficient (Wildman–Crippen LogP) is 3.64. The highest BCUT2D eigenvalue weighted by atomic mass is 19.1. The molecule has 6 nitrogen and oxygen atoms in total. The van der Waals surface area contributed by atoms with E-state index in [-0.39, 0.29) is 17.2 Å². The summed E-state index contributed by atoms with van der Waals surface area (Å²) < 4.78 is 18.8. The van der Waals surface area contributed by atoms with Crippen LogP contribution in [-0.2, 0) is 19.3 Å². The standard InChI is InChI=1S/C23H22FN3O3/c1-30-21-10-9-16(13-19(21)24)25-22(28)15-6-4-5-14(11-15)12-20-17-7-2-3-8-18(17)23(29)27-26-20/h4-6,9-11,13H,2-3,7-8,12H2,1H3,(H,25,28)(H,27,29). The van der Waals surface area contributed by atoms with Crippen LogP contribution in [0.25, 0.3) is 0 Å². The molecule has 0 saturated heterocycles. The molecule has 0 unspecified atom stereocenters. The summed E-state index contributed by atoms with van der Waals surface area (Å²) in [5, 5.41) is 9.57. The Morgan fingerprint density at radius 1 is 1.17 bits per heavy atom. The number of aromatic amines is 1. The van der Waals surface area contributed by atoms with Crippen LogP contribution in [-0.4, -0.2) is 23.2 Å². The van der Waals surface area contributed by atoms with Crippen LogP contribution in [0.4, 0.5) is 10.1 Å². The number of amides is 1. The van der Waals surface area contributed by atoms with Crippen molar-refractivity contribution in [1.29, 1.82) is 0 Å². The lowest BCUT2D eigenvalue weighted by Crippen LogP contribution is -2.23. The number of rotatable bonds is 5. The van der Waals surface area contributed by atoms with Gasteiger partial charge in [-0.2, -0.15) is 5.10 Å². The summed E-state index contributed by atoms with van der Waals surface area (Å²) in [5.41, 5.74) is 4.33. The highest BCUT2D eigenvalue weighted by Gasteiger charge is 2.18. The zero-order chi connectivity index (χ0) is 21.1. The molecule has 0 bridgehead atoms. The molecule has 30 heavy (non-hydrogen) atoms. The first-order valence-corrected chi connectivity index (χ1v) is 9.88. The number of carbonyl (C=O) groups excluding carboxylic acids is 1. The maximum Gasteiger partial charge on any atom is 0.267 e. The maximum absolute atomic E-state index is 13.9. The number of aromatic nitrogens is 2. The van der Waals surface area contributed by atoms with Crippen LogP contribution in [0.2, 0.25) is 0 Å². The number of nitrogens with zero attached hydrogens (tertiary/aromatic N) is 1. The molecule has 4 rings (SSSR count). The SMILES string of the molecule is COc1ccc(NC(=O)c2cccc(Cc3n[nH]c(=O)c4c3CCCC4)c2)cc1F. The van der Waals surface area contributed by atoms with Gasteiger partial charge in [0.2, 0.25) is 0 Å². The molecule has 0 atom stereocenters. The number of hydrogen-bond donors (Lipinski definition) is 2. The molecule has 0 saturated carbocycles. The molecule has 7 heteroatoms. The molecular weight excluding hydrogens is 385 g/mol. The first-order chi connectivity index (χ1) is 14.5. The number of carbonyl (C=O) groups is 1. The molecule has 0 spiro atoms. The number of hydrogen-bond acceptors (Lipinski definition) is 4. The minimum absolute atomic E-state index is 0.103. The minimum atomic E-state index is -0.544. The van der Waals surface area contributed by atoms with Gasteiger partial charge in [0.05, 0.1) is 12.8 Å². The summed E-state index contributed by atoms with van der Waals surface area (Å²) in [7, 11) is 1.39. The maximum atomic E-state index is 13.9. The van der Waals surface area contributed by atoms with E-state index in [1.165, 1.54) is 19.2 Å². The molecule has 154 valence electrons. The fraction of sp³-hybridized carbons (Fsp3) is 0.261. The van der Waals surface area contributed by atoms with Gasteiger partial charge in [-0.1, -0.05) is 12.1 Å². The summed E-state index contributed by atoms with van der Waals surface area (Å²) >= 11 is 0. The van der Waals surface area contributed by atoms with Crippen molar-refractivity contribution < 1.29 is 13.9 Å². The minimum Gasteiger partial charge on any atom is -0.494 e. The quantitative estimate of drug-likeness (QED) is 0.676. The van der Waals surface area contributed by atoms with Crippen molar-refractivity contribution in [3.05, 3.63) is 86.6 Å². The Hall–Kier alpha value is -3.48. The van der Waals surface area contributed by atoms with Crippen molar-refractivity contribution in [2.24, 2.45) is 0 Å². The van der Waals surface area contributed by atoms with E-state index in [0.29, 0.717) is 17.7 Å². The Morgan fingerprint density at radius 2 is 1.97 bits per heavy atom. The lowest BCUT2D eigenvalue weighted by atomic mass is 9.90. The smallest absolute Gasteiger partial charge is 0.267 e. The fourth-order valence-electron chi connectivity index (χ4n) is 3.84. The number of halogens is 1. The average Bonchev–Trinajstić information content (AvgIpc) is 2.76. The molecule has 2 N–H and O–H groups in total. The first-order valence-electron chi connectivity index (χ1n) is 9.88. The third kappa shape index (κ3) is 4.10. The summed E-state index contributed by atoms with van der Waals surface area (Å²) in [6, 6.07) is 11.5. The number of ether oxygens (including phenoxy) is 1. The molecule has 1 aromatic heterocycles. The van der Waals surface area contributed by atoms with E-state index < -0.39 is 5.82 Å². The van der Waals surface area contributed by atoms with E-state index in [0.717, 1.165) is 48.1 Å². The van der Waals surface area contributed by atoms with Crippen LogP contribution in [0, 0.1) is 5.82 Å². The van der Waals surface area contributed by atoms with Gasteiger partial charge >= 0.3 is 0 Å². The normalized spacial score (nSPS) is 12.9. The van der Waals surface area contributed by atoms with Gasteiger partial charge in [-0.25, -0.2) is 9.49 Å². The summed E-state index contributed by atoms with van der Waals surface area (Å²) in [4.78, 5) is 24.7. The Kier molecular flexibility index (Phi) is 5.61. The lowest BCUT2D eigenvalue weighted by Gasteiger charge is -2.17. The Bertz CT molecular complexity index is 1160. The molecule has 3 aromatic rings. The molecule has 1 aliphatic carbocycles. The van der Waals surface area contributed by atoms with Crippen LogP contribution in [0.3, 0.4) is 0 Å². The Morgan fingerprint density at radius 3 is 2.73 bits per heavy atom. The lowest BCUT2D eigenvalue weighted by molar-refractivity contribution is 0.102. The molecular formula is C23H22FN3O3. The van der Waals surface area contributed by atoms with Gasteiger partial charge in [0.1, 0.15) is 0 Å². The topological polar surface area (TPSA) is 84.1 Å². The van der Waals surface area contributed by atoms with Crippen LogP contribution in [0.5, 0.6) is 5.75 Å². The largest absolute Gasteiger partial charge is 0.494 e.